The maximum Gasteiger partial charge on any atom is 0.408 e. The predicted octanol–water partition coefficient (Wildman–Crippen LogP) is 3.23. The molecule has 1 aromatic heterocycles. The van der Waals surface area contributed by atoms with E-state index in [-0.39, 0.29) is 12.7 Å². The van der Waals surface area contributed by atoms with Crippen molar-refractivity contribution in [3.05, 3.63) is 46.2 Å². The first-order valence-electron chi connectivity index (χ1n) is 8.98. The number of fused-ring (bicyclic) bond motifs is 1. The summed E-state index contributed by atoms with van der Waals surface area (Å²) in [6, 6.07) is 8.62. The van der Waals surface area contributed by atoms with Crippen LogP contribution in [0.1, 0.15) is 31.2 Å². The molecular formula is C20H24N2O5S. The zero-order valence-corrected chi connectivity index (χ0v) is 16.9. The number of thiophene rings is 1. The molecule has 7 nitrogen and oxygen atoms in total. The highest BCUT2D eigenvalue weighted by Crippen LogP contribution is 2.32. The van der Waals surface area contributed by atoms with E-state index in [1.807, 2.05) is 35.7 Å². The number of ether oxygens (including phenoxy) is 3. The van der Waals surface area contributed by atoms with Crippen LogP contribution in [0, 0.1) is 0 Å². The third-order valence-electron chi connectivity index (χ3n) is 3.90. The summed E-state index contributed by atoms with van der Waals surface area (Å²) in [7, 11) is 0. The fraction of sp³-hybridized carbons (Fsp3) is 0.400. The first-order chi connectivity index (χ1) is 13.3. The van der Waals surface area contributed by atoms with E-state index in [4.69, 9.17) is 14.2 Å². The molecule has 1 unspecified atom stereocenters. The predicted molar refractivity (Wildman–Crippen MR) is 106 cm³/mol. The van der Waals surface area contributed by atoms with E-state index in [1.54, 1.807) is 20.8 Å². The maximum atomic E-state index is 12.7. The van der Waals surface area contributed by atoms with Gasteiger partial charge < -0.3 is 24.8 Å². The first kappa shape index (κ1) is 20.0. The van der Waals surface area contributed by atoms with Crippen LogP contribution in [-0.2, 0) is 22.5 Å². The second-order valence-corrected chi connectivity index (χ2v) is 8.42. The van der Waals surface area contributed by atoms with Crippen LogP contribution in [0.25, 0.3) is 0 Å². The van der Waals surface area contributed by atoms with Gasteiger partial charge in [-0.2, -0.15) is 0 Å². The maximum absolute atomic E-state index is 12.7. The Hall–Kier alpha value is -2.74. The Morgan fingerprint density at radius 1 is 1.21 bits per heavy atom. The van der Waals surface area contributed by atoms with E-state index in [0.717, 1.165) is 10.4 Å². The van der Waals surface area contributed by atoms with Crippen LogP contribution in [0.15, 0.2) is 35.7 Å². The number of rotatable bonds is 6. The van der Waals surface area contributed by atoms with Gasteiger partial charge in [0.2, 0.25) is 12.7 Å². The highest BCUT2D eigenvalue weighted by molar-refractivity contribution is 7.09. The van der Waals surface area contributed by atoms with E-state index in [9.17, 15) is 9.59 Å². The van der Waals surface area contributed by atoms with Gasteiger partial charge in [0.15, 0.2) is 11.5 Å². The fourth-order valence-corrected chi connectivity index (χ4v) is 3.40. The zero-order valence-electron chi connectivity index (χ0n) is 16.1. The second kappa shape index (κ2) is 8.52. The molecule has 0 fully saturated rings. The molecule has 28 heavy (non-hydrogen) atoms. The summed E-state index contributed by atoms with van der Waals surface area (Å²) in [4.78, 5) is 25.9. The van der Waals surface area contributed by atoms with Gasteiger partial charge in [-0.1, -0.05) is 12.1 Å². The molecule has 1 aliphatic heterocycles. The van der Waals surface area contributed by atoms with Crippen molar-refractivity contribution >= 4 is 23.3 Å². The molecule has 1 aromatic carbocycles. The average Bonchev–Trinajstić information content (AvgIpc) is 3.28. The molecule has 0 bridgehead atoms. The number of alkyl carbamates (subject to hydrolysis) is 1. The van der Waals surface area contributed by atoms with Crippen molar-refractivity contribution in [1.82, 2.24) is 10.6 Å². The zero-order chi connectivity index (χ0) is 20.1. The molecule has 8 heteroatoms. The summed E-state index contributed by atoms with van der Waals surface area (Å²) in [5.74, 6) is 1.07. The van der Waals surface area contributed by atoms with E-state index in [2.05, 4.69) is 10.6 Å². The van der Waals surface area contributed by atoms with Crippen LogP contribution in [0.2, 0.25) is 0 Å². The minimum atomic E-state index is -0.734. The second-order valence-electron chi connectivity index (χ2n) is 7.39. The Balaban J connectivity index is 1.62. The Morgan fingerprint density at radius 3 is 2.71 bits per heavy atom. The van der Waals surface area contributed by atoms with E-state index in [0.29, 0.717) is 24.5 Å². The quantitative estimate of drug-likeness (QED) is 0.772. The monoisotopic (exact) mass is 404 g/mol. The number of hydrogen-bond acceptors (Lipinski definition) is 6. The van der Waals surface area contributed by atoms with Crippen LogP contribution in [0.4, 0.5) is 4.79 Å². The molecule has 0 radical (unpaired) electrons. The summed E-state index contributed by atoms with van der Waals surface area (Å²) in [5.41, 5.74) is 0.241. The molecule has 2 heterocycles. The molecular weight excluding hydrogens is 380 g/mol. The topological polar surface area (TPSA) is 85.9 Å². The summed E-state index contributed by atoms with van der Waals surface area (Å²) in [5, 5.41) is 7.48. The summed E-state index contributed by atoms with van der Waals surface area (Å²) >= 11 is 1.53. The van der Waals surface area contributed by atoms with Crippen LogP contribution < -0.4 is 20.1 Å². The third-order valence-corrected chi connectivity index (χ3v) is 4.80. The van der Waals surface area contributed by atoms with Gasteiger partial charge in [0.1, 0.15) is 11.6 Å². The van der Waals surface area contributed by atoms with Gasteiger partial charge in [0, 0.05) is 17.8 Å². The van der Waals surface area contributed by atoms with Crippen LogP contribution >= 0.6 is 11.3 Å². The minimum absolute atomic E-state index is 0.202. The summed E-state index contributed by atoms with van der Waals surface area (Å²) < 4.78 is 15.9. The van der Waals surface area contributed by atoms with Gasteiger partial charge >= 0.3 is 6.09 Å². The lowest BCUT2D eigenvalue weighted by atomic mass is 10.1. The van der Waals surface area contributed by atoms with Crippen molar-refractivity contribution in [3.63, 3.8) is 0 Å². The Bertz CT molecular complexity index is 830. The normalized spacial score (nSPS) is 13.7. The van der Waals surface area contributed by atoms with Crippen molar-refractivity contribution in [2.45, 2.75) is 45.4 Å². The number of benzene rings is 1. The molecule has 0 saturated carbocycles. The minimum Gasteiger partial charge on any atom is -0.454 e. The molecule has 1 atom stereocenters. The van der Waals surface area contributed by atoms with Crippen LogP contribution in [0.5, 0.6) is 11.5 Å². The van der Waals surface area contributed by atoms with E-state index >= 15 is 0 Å². The molecule has 0 aliphatic carbocycles. The first-order valence-corrected chi connectivity index (χ1v) is 9.86. The highest BCUT2D eigenvalue weighted by atomic mass is 32.1. The van der Waals surface area contributed by atoms with Gasteiger partial charge in [-0.25, -0.2) is 4.79 Å². The average molecular weight is 404 g/mol. The van der Waals surface area contributed by atoms with E-state index < -0.39 is 17.7 Å². The molecule has 2 amide bonds. The lowest BCUT2D eigenvalue weighted by molar-refractivity contribution is -0.123. The van der Waals surface area contributed by atoms with Crippen molar-refractivity contribution in [3.8, 4) is 11.5 Å². The number of nitrogens with one attached hydrogen (secondary N) is 2. The van der Waals surface area contributed by atoms with Crippen molar-refractivity contribution in [1.29, 1.82) is 0 Å². The largest absolute Gasteiger partial charge is 0.454 e. The molecule has 0 saturated heterocycles. The Kier molecular flexibility index (Phi) is 6.08. The van der Waals surface area contributed by atoms with Gasteiger partial charge in [-0.05, 0) is 49.9 Å². The summed E-state index contributed by atoms with van der Waals surface area (Å²) in [6.45, 7) is 5.85. The van der Waals surface area contributed by atoms with Gasteiger partial charge in [-0.3, -0.25) is 4.79 Å². The lowest BCUT2D eigenvalue weighted by Gasteiger charge is -2.23. The van der Waals surface area contributed by atoms with Gasteiger partial charge in [-0.15, -0.1) is 11.3 Å². The molecule has 2 aromatic rings. The molecule has 0 spiro atoms. The van der Waals surface area contributed by atoms with Crippen molar-refractivity contribution in [2.24, 2.45) is 0 Å². The molecule has 2 N–H and O–H groups in total. The van der Waals surface area contributed by atoms with Crippen molar-refractivity contribution < 1.29 is 23.8 Å². The Labute approximate surface area is 168 Å². The molecule has 3 rings (SSSR count). The number of carbonyl (C=O) groups is 2. The Morgan fingerprint density at radius 2 is 2.00 bits per heavy atom. The van der Waals surface area contributed by atoms with Gasteiger partial charge in [0.25, 0.3) is 0 Å². The fourth-order valence-electron chi connectivity index (χ4n) is 2.65. The number of carbonyl (C=O) groups excluding carboxylic acids is 2. The van der Waals surface area contributed by atoms with Crippen LogP contribution in [0.3, 0.4) is 0 Å². The van der Waals surface area contributed by atoms with Gasteiger partial charge in [0.05, 0.1) is 0 Å². The van der Waals surface area contributed by atoms with Crippen LogP contribution in [-0.4, -0.2) is 30.4 Å². The lowest BCUT2D eigenvalue weighted by Crippen LogP contribution is -2.49. The van der Waals surface area contributed by atoms with E-state index in [1.165, 1.54) is 11.3 Å². The molecule has 1 aliphatic rings. The summed E-state index contributed by atoms with van der Waals surface area (Å²) in [6.07, 6.45) is -0.226. The number of hydrogen-bond donors (Lipinski definition) is 2. The smallest absolute Gasteiger partial charge is 0.408 e. The SMILES string of the molecule is CC(C)(C)OC(=O)NC(Cc1cccs1)C(=O)NCc1ccc2c(c1)OCO2. The third kappa shape index (κ3) is 5.63. The standard InChI is InChI=1S/C20H24N2O5S/c1-20(2,3)27-19(24)22-15(10-14-5-4-8-28-14)18(23)21-11-13-6-7-16-17(9-13)26-12-25-16/h4-9,15H,10-12H2,1-3H3,(H,21,23)(H,22,24). The molecule has 150 valence electrons. The van der Waals surface area contributed by atoms with Crippen molar-refractivity contribution in [2.75, 3.05) is 6.79 Å². The highest BCUT2D eigenvalue weighted by Gasteiger charge is 2.25. The number of amides is 2.